The third-order valence-corrected chi connectivity index (χ3v) is 0.912. The zero-order valence-corrected chi connectivity index (χ0v) is 7.32. The SMILES string of the molecule is C=C/C=C(\C=C)COC=O.CN. The van der Waals surface area contributed by atoms with Crippen LogP contribution in [0.15, 0.2) is 37.0 Å². The van der Waals surface area contributed by atoms with E-state index in [2.05, 4.69) is 23.6 Å². The molecule has 0 aromatic rings. The summed E-state index contributed by atoms with van der Waals surface area (Å²) < 4.78 is 4.47. The lowest BCUT2D eigenvalue weighted by atomic mass is 10.2. The number of ether oxygens (including phenoxy) is 1. The van der Waals surface area contributed by atoms with Crippen molar-refractivity contribution >= 4 is 6.47 Å². The summed E-state index contributed by atoms with van der Waals surface area (Å²) in [5, 5.41) is 0. The first-order valence-corrected chi connectivity index (χ1v) is 3.42. The summed E-state index contributed by atoms with van der Waals surface area (Å²) in [6, 6.07) is 0. The summed E-state index contributed by atoms with van der Waals surface area (Å²) >= 11 is 0. The van der Waals surface area contributed by atoms with Crippen LogP contribution in [0, 0.1) is 0 Å². The van der Waals surface area contributed by atoms with Crippen molar-refractivity contribution in [2.45, 2.75) is 0 Å². The molecule has 0 aliphatic carbocycles. The van der Waals surface area contributed by atoms with E-state index in [-0.39, 0.29) is 6.61 Å². The molecule has 0 aliphatic rings. The van der Waals surface area contributed by atoms with Gasteiger partial charge in [0.05, 0.1) is 0 Å². The Bertz CT molecular complexity index is 162. The van der Waals surface area contributed by atoms with Crippen molar-refractivity contribution < 1.29 is 9.53 Å². The molecule has 0 saturated heterocycles. The number of carbonyl (C=O) groups is 1. The molecule has 68 valence electrons. The van der Waals surface area contributed by atoms with Crippen LogP contribution in [0.5, 0.6) is 0 Å². The first kappa shape index (κ1) is 13.3. The first-order chi connectivity index (χ1) is 5.85. The van der Waals surface area contributed by atoms with Gasteiger partial charge in [-0.3, -0.25) is 4.79 Å². The summed E-state index contributed by atoms with van der Waals surface area (Å²) in [6.07, 6.45) is 4.97. The van der Waals surface area contributed by atoms with Crippen molar-refractivity contribution in [3.63, 3.8) is 0 Å². The number of carbonyl (C=O) groups excluding carboxylic acids is 1. The van der Waals surface area contributed by atoms with Crippen molar-refractivity contribution in [3.05, 3.63) is 37.0 Å². The maximum atomic E-state index is 9.72. The van der Waals surface area contributed by atoms with Crippen molar-refractivity contribution in [3.8, 4) is 0 Å². The molecule has 0 spiro atoms. The second-order valence-corrected chi connectivity index (χ2v) is 1.59. The lowest BCUT2D eigenvalue weighted by Gasteiger charge is -1.96. The molecule has 0 rings (SSSR count). The van der Waals surface area contributed by atoms with Crippen molar-refractivity contribution in [2.24, 2.45) is 5.73 Å². The molecule has 0 unspecified atom stereocenters. The molecule has 0 amide bonds. The smallest absolute Gasteiger partial charge is 0.293 e. The van der Waals surface area contributed by atoms with Gasteiger partial charge in [-0.2, -0.15) is 0 Å². The van der Waals surface area contributed by atoms with Gasteiger partial charge >= 0.3 is 0 Å². The van der Waals surface area contributed by atoms with Crippen LogP contribution in [0.1, 0.15) is 0 Å². The van der Waals surface area contributed by atoms with E-state index < -0.39 is 0 Å². The molecule has 0 aliphatic heterocycles. The van der Waals surface area contributed by atoms with Gasteiger partial charge in [-0.15, -0.1) is 0 Å². The Morgan fingerprint density at radius 1 is 1.50 bits per heavy atom. The standard InChI is InChI=1S/C8H10O2.CH5N/c1-3-5-8(4-2)6-10-7-9;1-2/h3-5,7H,1-2,6H2;2H2,1H3/b8-5+;. The van der Waals surface area contributed by atoms with Gasteiger partial charge in [-0.1, -0.05) is 31.4 Å². The zero-order valence-electron chi connectivity index (χ0n) is 7.32. The second kappa shape index (κ2) is 12.3. The van der Waals surface area contributed by atoms with E-state index in [9.17, 15) is 4.79 Å². The number of hydrogen-bond donors (Lipinski definition) is 1. The van der Waals surface area contributed by atoms with Crippen LogP contribution in [0.4, 0.5) is 0 Å². The lowest BCUT2D eigenvalue weighted by Crippen LogP contribution is -1.92. The van der Waals surface area contributed by atoms with E-state index in [1.54, 1.807) is 18.2 Å². The summed E-state index contributed by atoms with van der Waals surface area (Å²) in [5.74, 6) is 0. The molecular weight excluding hydrogens is 154 g/mol. The Morgan fingerprint density at radius 3 is 2.42 bits per heavy atom. The Labute approximate surface area is 73.2 Å². The van der Waals surface area contributed by atoms with E-state index in [1.165, 1.54) is 7.05 Å². The highest BCUT2D eigenvalue weighted by atomic mass is 16.5. The van der Waals surface area contributed by atoms with E-state index >= 15 is 0 Å². The van der Waals surface area contributed by atoms with Gasteiger partial charge in [0.25, 0.3) is 6.47 Å². The fourth-order valence-corrected chi connectivity index (χ4v) is 0.457. The summed E-state index contributed by atoms with van der Waals surface area (Å²) in [7, 11) is 1.50. The molecule has 0 heterocycles. The predicted octanol–water partition coefficient (Wildman–Crippen LogP) is 1.03. The Hall–Kier alpha value is -1.35. The van der Waals surface area contributed by atoms with Crippen LogP contribution in [-0.2, 0) is 9.53 Å². The molecule has 2 N–H and O–H groups in total. The molecule has 3 heteroatoms. The highest BCUT2D eigenvalue weighted by Crippen LogP contribution is 1.95. The highest BCUT2D eigenvalue weighted by Gasteiger charge is 1.87. The monoisotopic (exact) mass is 169 g/mol. The molecule has 0 aromatic carbocycles. The van der Waals surface area contributed by atoms with Gasteiger partial charge in [-0.25, -0.2) is 0 Å². The number of hydrogen-bond acceptors (Lipinski definition) is 3. The Kier molecular flexibility index (Phi) is 13.6. The zero-order chi connectivity index (χ0) is 9.82. The van der Waals surface area contributed by atoms with Crippen LogP contribution >= 0.6 is 0 Å². The van der Waals surface area contributed by atoms with E-state index in [0.29, 0.717) is 6.47 Å². The molecule has 3 nitrogen and oxygen atoms in total. The van der Waals surface area contributed by atoms with E-state index in [4.69, 9.17) is 0 Å². The summed E-state index contributed by atoms with van der Waals surface area (Å²) in [6.45, 7) is 7.68. The average molecular weight is 169 g/mol. The molecule has 0 saturated carbocycles. The molecule has 0 radical (unpaired) electrons. The molecule has 0 bridgehead atoms. The third kappa shape index (κ3) is 8.65. The van der Waals surface area contributed by atoms with Crippen LogP contribution in [0.3, 0.4) is 0 Å². The highest BCUT2D eigenvalue weighted by molar-refractivity contribution is 5.38. The Morgan fingerprint density at radius 2 is 2.08 bits per heavy atom. The largest absolute Gasteiger partial charge is 0.463 e. The number of allylic oxidation sites excluding steroid dienone is 2. The van der Waals surface area contributed by atoms with Gasteiger partial charge in [0.15, 0.2) is 0 Å². The quantitative estimate of drug-likeness (QED) is 0.494. The van der Waals surface area contributed by atoms with Gasteiger partial charge in [0, 0.05) is 0 Å². The van der Waals surface area contributed by atoms with Gasteiger partial charge in [0.2, 0.25) is 0 Å². The van der Waals surface area contributed by atoms with Gasteiger partial charge in [0.1, 0.15) is 6.61 Å². The van der Waals surface area contributed by atoms with Crippen molar-refractivity contribution in [2.75, 3.05) is 13.7 Å². The van der Waals surface area contributed by atoms with Crippen LogP contribution in [0.25, 0.3) is 0 Å². The number of nitrogens with two attached hydrogens (primary N) is 1. The lowest BCUT2D eigenvalue weighted by molar-refractivity contribution is -0.127. The second-order valence-electron chi connectivity index (χ2n) is 1.59. The predicted molar refractivity (Wildman–Crippen MR) is 50.6 cm³/mol. The number of rotatable bonds is 5. The topological polar surface area (TPSA) is 52.3 Å². The Balaban J connectivity index is 0. The van der Waals surface area contributed by atoms with Crippen LogP contribution < -0.4 is 5.73 Å². The molecule has 12 heavy (non-hydrogen) atoms. The van der Waals surface area contributed by atoms with E-state index in [1.807, 2.05) is 0 Å². The minimum atomic E-state index is 0.263. The van der Waals surface area contributed by atoms with Gasteiger partial charge in [-0.05, 0) is 12.6 Å². The first-order valence-electron chi connectivity index (χ1n) is 3.42. The van der Waals surface area contributed by atoms with Crippen molar-refractivity contribution in [1.29, 1.82) is 0 Å². The maximum Gasteiger partial charge on any atom is 0.293 e. The fourth-order valence-electron chi connectivity index (χ4n) is 0.457. The third-order valence-electron chi connectivity index (χ3n) is 0.912. The van der Waals surface area contributed by atoms with Crippen LogP contribution in [-0.4, -0.2) is 20.1 Å². The normalized spacial score (nSPS) is 9.00. The van der Waals surface area contributed by atoms with Crippen molar-refractivity contribution in [1.82, 2.24) is 0 Å². The minimum Gasteiger partial charge on any atom is -0.463 e. The van der Waals surface area contributed by atoms with E-state index in [0.717, 1.165) is 5.57 Å². The molecule has 0 aromatic heterocycles. The summed E-state index contributed by atoms with van der Waals surface area (Å²) in [4.78, 5) is 9.72. The molecule has 0 fully saturated rings. The average Bonchev–Trinajstić information content (AvgIpc) is 2.15. The van der Waals surface area contributed by atoms with Gasteiger partial charge < -0.3 is 10.5 Å². The minimum absolute atomic E-state index is 0.263. The fraction of sp³-hybridized carbons (Fsp3) is 0.222. The molecular formula is C9H15NO2. The maximum absolute atomic E-state index is 9.72. The van der Waals surface area contributed by atoms with Crippen LogP contribution in [0.2, 0.25) is 0 Å². The molecule has 0 atom stereocenters. The summed E-state index contributed by atoms with van der Waals surface area (Å²) in [5.41, 5.74) is 5.34.